The molecule has 1 N–H and O–H groups in total. The molecule has 2 aromatic heterocycles. The predicted molar refractivity (Wildman–Crippen MR) is 106 cm³/mol. The minimum Gasteiger partial charge on any atom is -0.377 e. The largest absolute Gasteiger partial charge is 0.377 e. The highest BCUT2D eigenvalue weighted by Gasteiger charge is 2.18. The van der Waals surface area contributed by atoms with Gasteiger partial charge in [0.2, 0.25) is 0 Å². The second kappa shape index (κ2) is 8.99. The molecule has 144 valence electrons. The van der Waals surface area contributed by atoms with Crippen molar-refractivity contribution in [3.05, 3.63) is 66.4 Å². The number of hydrogen-bond donors (Lipinski definition) is 1. The third-order valence-electron chi connectivity index (χ3n) is 4.52. The van der Waals surface area contributed by atoms with E-state index in [-0.39, 0.29) is 12.0 Å². The van der Waals surface area contributed by atoms with Crippen molar-refractivity contribution in [1.29, 1.82) is 0 Å². The zero-order valence-electron chi connectivity index (χ0n) is 15.3. The Morgan fingerprint density at radius 3 is 3.04 bits per heavy atom. The normalized spacial score (nSPS) is 16.2. The van der Waals surface area contributed by atoms with Crippen molar-refractivity contribution in [3.8, 4) is 5.82 Å². The van der Waals surface area contributed by atoms with Crippen LogP contribution in [-0.2, 0) is 11.3 Å². The standard InChI is InChI=1S/C20H21N5O2S/c26-20(17-7-1-2-8-18(17)28-12-16-6-4-10-27-16)23-11-15-5-3-9-22-19(15)25-14-21-13-24-25/h1-3,5,7-9,13-14,16H,4,6,10-12H2,(H,23,26)/t16-/m0/s1. The van der Waals surface area contributed by atoms with Crippen LogP contribution in [0.15, 0.2) is 60.1 Å². The maximum absolute atomic E-state index is 12.8. The van der Waals surface area contributed by atoms with E-state index >= 15 is 0 Å². The van der Waals surface area contributed by atoms with E-state index < -0.39 is 0 Å². The number of thioether (sulfide) groups is 1. The summed E-state index contributed by atoms with van der Waals surface area (Å²) in [4.78, 5) is 22.1. The molecule has 7 nitrogen and oxygen atoms in total. The lowest BCUT2D eigenvalue weighted by Crippen LogP contribution is -2.24. The van der Waals surface area contributed by atoms with Gasteiger partial charge in [-0.25, -0.2) is 14.6 Å². The molecule has 0 saturated carbocycles. The van der Waals surface area contributed by atoms with Crippen molar-refractivity contribution in [2.24, 2.45) is 0 Å². The van der Waals surface area contributed by atoms with Crippen LogP contribution in [0.4, 0.5) is 0 Å². The van der Waals surface area contributed by atoms with Gasteiger partial charge >= 0.3 is 0 Å². The highest BCUT2D eigenvalue weighted by atomic mass is 32.2. The summed E-state index contributed by atoms with van der Waals surface area (Å²) in [6, 6.07) is 11.4. The van der Waals surface area contributed by atoms with E-state index in [2.05, 4.69) is 20.4 Å². The van der Waals surface area contributed by atoms with Crippen LogP contribution in [0.25, 0.3) is 5.82 Å². The molecule has 28 heavy (non-hydrogen) atoms. The minimum atomic E-state index is -0.108. The molecule has 1 saturated heterocycles. The van der Waals surface area contributed by atoms with Gasteiger partial charge in [0.25, 0.3) is 5.91 Å². The van der Waals surface area contributed by atoms with Crippen LogP contribution in [-0.4, -0.2) is 44.1 Å². The van der Waals surface area contributed by atoms with Crippen LogP contribution in [0.2, 0.25) is 0 Å². The first-order chi connectivity index (χ1) is 13.8. The maximum atomic E-state index is 12.8. The molecule has 0 aliphatic carbocycles. The number of nitrogens with one attached hydrogen (secondary N) is 1. The Labute approximate surface area is 167 Å². The summed E-state index contributed by atoms with van der Waals surface area (Å²) in [6.45, 7) is 1.19. The molecule has 3 aromatic rings. The summed E-state index contributed by atoms with van der Waals surface area (Å²) >= 11 is 1.67. The fourth-order valence-electron chi connectivity index (χ4n) is 3.10. The van der Waals surface area contributed by atoms with Crippen molar-refractivity contribution in [2.75, 3.05) is 12.4 Å². The summed E-state index contributed by atoms with van der Waals surface area (Å²) in [6.07, 6.45) is 7.23. The molecule has 0 radical (unpaired) electrons. The molecule has 0 unspecified atom stereocenters. The Kier molecular flexibility index (Phi) is 5.98. The van der Waals surface area contributed by atoms with E-state index in [1.54, 1.807) is 29.0 Å². The van der Waals surface area contributed by atoms with Gasteiger partial charge in [-0.05, 0) is 31.0 Å². The van der Waals surface area contributed by atoms with Crippen LogP contribution >= 0.6 is 11.8 Å². The first-order valence-electron chi connectivity index (χ1n) is 9.22. The second-order valence-electron chi connectivity index (χ2n) is 6.45. The number of carbonyl (C=O) groups is 1. The average Bonchev–Trinajstić information content (AvgIpc) is 3.45. The number of nitrogens with zero attached hydrogens (tertiary/aromatic N) is 4. The zero-order chi connectivity index (χ0) is 19.2. The number of aromatic nitrogens is 4. The molecule has 0 spiro atoms. The van der Waals surface area contributed by atoms with E-state index in [1.807, 2.05) is 36.4 Å². The third kappa shape index (κ3) is 4.40. The van der Waals surface area contributed by atoms with Crippen LogP contribution in [0.5, 0.6) is 0 Å². The predicted octanol–water partition coefficient (Wildman–Crippen LogP) is 2.86. The Bertz CT molecular complexity index is 926. The van der Waals surface area contributed by atoms with Crippen molar-refractivity contribution in [1.82, 2.24) is 25.1 Å². The fourth-order valence-corrected chi connectivity index (χ4v) is 4.22. The monoisotopic (exact) mass is 395 g/mol. The number of amides is 1. The first kappa shape index (κ1) is 18.6. The average molecular weight is 395 g/mol. The van der Waals surface area contributed by atoms with Crippen LogP contribution in [0.3, 0.4) is 0 Å². The summed E-state index contributed by atoms with van der Waals surface area (Å²) < 4.78 is 7.28. The summed E-state index contributed by atoms with van der Waals surface area (Å²) in [5, 5.41) is 7.12. The lowest BCUT2D eigenvalue weighted by atomic mass is 10.2. The zero-order valence-corrected chi connectivity index (χ0v) is 16.1. The second-order valence-corrected chi connectivity index (χ2v) is 7.51. The van der Waals surface area contributed by atoms with Gasteiger partial charge in [0.1, 0.15) is 12.7 Å². The molecule has 1 aromatic carbocycles. The highest BCUT2D eigenvalue weighted by molar-refractivity contribution is 7.99. The minimum absolute atomic E-state index is 0.108. The van der Waals surface area contributed by atoms with E-state index in [0.717, 1.165) is 35.7 Å². The number of carbonyl (C=O) groups excluding carboxylic acids is 1. The molecule has 4 rings (SSSR count). The topological polar surface area (TPSA) is 81.9 Å². The van der Waals surface area contributed by atoms with Crippen molar-refractivity contribution in [3.63, 3.8) is 0 Å². The Morgan fingerprint density at radius 2 is 2.21 bits per heavy atom. The van der Waals surface area contributed by atoms with Gasteiger partial charge in [-0.2, -0.15) is 5.10 Å². The smallest absolute Gasteiger partial charge is 0.252 e. The lowest BCUT2D eigenvalue weighted by Gasteiger charge is -2.13. The summed E-state index contributed by atoms with van der Waals surface area (Å²) in [7, 11) is 0. The number of rotatable bonds is 7. The van der Waals surface area contributed by atoms with Crippen LogP contribution < -0.4 is 5.32 Å². The molecular weight excluding hydrogens is 374 g/mol. The van der Waals surface area contributed by atoms with Crippen molar-refractivity contribution in [2.45, 2.75) is 30.4 Å². The number of benzene rings is 1. The lowest BCUT2D eigenvalue weighted by molar-refractivity contribution is 0.0947. The van der Waals surface area contributed by atoms with Gasteiger partial charge in [-0.3, -0.25) is 4.79 Å². The number of hydrogen-bond acceptors (Lipinski definition) is 6. The summed E-state index contributed by atoms with van der Waals surface area (Å²) in [5.74, 6) is 1.41. The molecule has 1 fully saturated rings. The van der Waals surface area contributed by atoms with Gasteiger partial charge in [0, 0.05) is 35.6 Å². The van der Waals surface area contributed by atoms with Crippen LogP contribution in [0.1, 0.15) is 28.8 Å². The molecule has 8 heteroatoms. The first-order valence-corrected chi connectivity index (χ1v) is 10.2. The van der Waals surface area contributed by atoms with E-state index in [9.17, 15) is 4.79 Å². The van der Waals surface area contributed by atoms with Crippen molar-refractivity contribution >= 4 is 17.7 Å². The van der Waals surface area contributed by atoms with E-state index in [0.29, 0.717) is 17.9 Å². The quantitative estimate of drug-likeness (QED) is 0.620. The highest BCUT2D eigenvalue weighted by Crippen LogP contribution is 2.26. The van der Waals surface area contributed by atoms with Gasteiger partial charge in [-0.15, -0.1) is 11.8 Å². The van der Waals surface area contributed by atoms with Gasteiger partial charge in [-0.1, -0.05) is 18.2 Å². The third-order valence-corrected chi connectivity index (χ3v) is 5.73. The molecule has 1 amide bonds. The SMILES string of the molecule is O=C(NCc1cccnc1-n1cncn1)c1ccccc1SC[C@@H]1CCCO1. The van der Waals surface area contributed by atoms with Gasteiger partial charge in [0.15, 0.2) is 5.82 Å². The number of pyridine rings is 1. The molecule has 3 heterocycles. The number of ether oxygens (including phenoxy) is 1. The Hall–Kier alpha value is -2.71. The molecule has 1 aliphatic heterocycles. The Morgan fingerprint density at radius 1 is 1.29 bits per heavy atom. The molecule has 1 atom stereocenters. The Balaban J connectivity index is 1.43. The van der Waals surface area contributed by atoms with Crippen LogP contribution in [0, 0.1) is 0 Å². The maximum Gasteiger partial charge on any atom is 0.252 e. The molecule has 0 bridgehead atoms. The van der Waals surface area contributed by atoms with Gasteiger partial charge in [0.05, 0.1) is 11.7 Å². The summed E-state index contributed by atoms with van der Waals surface area (Å²) in [5.41, 5.74) is 1.54. The van der Waals surface area contributed by atoms with Crippen molar-refractivity contribution < 1.29 is 9.53 Å². The fraction of sp³-hybridized carbons (Fsp3) is 0.300. The molecule has 1 aliphatic rings. The molecular formula is C20H21N5O2S. The van der Waals surface area contributed by atoms with E-state index in [1.165, 1.54) is 6.33 Å². The van der Waals surface area contributed by atoms with Gasteiger partial charge < -0.3 is 10.1 Å². The van der Waals surface area contributed by atoms with E-state index in [4.69, 9.17) is 4.74 Å².